The van der Waals surface area contributed by atoms with Crippen LogP contribution in [0.25, 0.3) is 0 Å². The fourth-order valence-electron chi connectivity index (χ4n) is 4.82. The molecule has 2 saturated heterocycles. The van der Waals surface area contributed by atoms with Gasteiger partial charge < -0.3 is 4.90 Å². The molecule has 4 atom stereocenters. The van der Waals surface area contributed by atoms with Gasteiger partial charge in [0.2, 0.25) is 0 Å². The predicted molar refractivity (Wildman–Crippen MR) is 82.0 cm³/mol. The largest absolute Gasteiger partial charge is 0.323 e. The molecule has 2 aliphatic carbocycles. The molecule has 1 N–H and O–H groups in total. The quantitative estimate of drug-likeness (QED) is 0.859. The number of aryl methyl sites for hydroxylation is 1. The van der Waals surface area contributed by atoms with Gasteiger partial charge in [0.1, 0.15) is 5.82 Å². The molecule has 2 aliphatic heterocycles. The van der Waals surface area contributed by atoms with Gasteiger partial charge in [0.05, 0.1) is 0 Å². The number of hydrogen-bond donors (Lipinski definition) is 1. The number of fused-ring (bicyclic) bond motifs is 1. The van der Waals surface area contributed by atoms with Crippen LogP contribution in [0, 0.1) is 24.7 Å². The lowest BCUT2D eigenvalue weighted by Crippen LogP contribution is -2.44. The van der Waals surface area contributed by atoms with Crippen molar-refractivity contribution in [3.05, 3.63) is 23.9 Å². The number of nitrogens with zero attached hydrogens (tertiary/aromatic N) is 2. The van der Waals surface area contributed by atoms with Crippen LogP contribution in [0.15, 0.2) is 18.3 Å². The molecular weight excluding hydrogens is 262 g/mol. The summed E-state index contributed by atoms with van der Waals surface area (Å²) in [5, 5.41) is 3.03. The summed E-state index contributed by atoms with van der Waals surface area (Å²) < 4.78 is 0. The average molecular weight is 285 g/mol. The van der Waals surface area contributed by atoms with Crippen LogP contribution in [0.1, 0.15) is 37.7 Å². The van der Waals surface area contributed by atoms with Gasteiger partial charge in [-0.1, -0.05) is 6.07 Å². The number of carbonyl (C=O) groups is 1. The summed E-state index contributed by atoms with van der Waals surface area (Å²) in [5.74, 6) is 3.15. The van der Waals surface area contributed by atoms with E-state index in [0.717, 1.165) is 29.9 Å². The molecule has 4 aliphatic rings. The minimum absolute atomic E-state index is 0.0509. The van der Waals surface area contributed by atoms with Crippen molar-refractivity contribution < 1.29 is 4.79 Å². The summed E-state index contributed by atoms with van der Waals surface area (Å²) in [6.45, 7) is 2.92. The zero-order valence-corrected chi connectivity index (χ0v) is 12.6. The fraction of sp³-hybridized carbons (Fsp3) is 0.647. The Labute approximate surface area is 125 Å². The van der Waals surface area contributed by atoms with Gasteiger partial charge in [0.15, 0.2) is 0 Å². The number of aromatic nitrogens is 1. The molecule has 1 aromatic heterocycles. The van der Waals surface area contributed by atoms with Gasteiger partial charge in [-0.15, -0.1) is 0 Å². The second-order valence-electron chi connectivity index (χ2n) is 7.18. The highest BCUT2D eigenvalue weighted by molar-refractivity contribution is 5.89. The van der Waals surface area contributed by atoms with Crippen LogP contribution < -0.4 is 5.32 Å². The molecule has 0 radical (unpaired) electrons. The summed E-state index contributed by atoms with van der Waals surface area (Å²) in [7, 11) is 0. The number of urea groups is 1. The molecule has 2 saturated carbocycles. The number of nitrogens with one attached hydrogen (secondary N) is 1. The van der Waals surface area contributed by atoms with Crippen molar-refractivity contribution in [2.75, 3.05) is 11.9 Å². The molecule has 4 heteroatoms. The standard InChI is InChI=1S/C17H23N3O/c1-11-3-2-4-18-16(11)19-17(21)20-10-14-6-12-5-13(7-14)9-15(20)8-12/h2-4,12-15H,5-10H2,1H3,(H,18,19,21)/t12-,13+,14?,15?. The van der Waals surface area contributed by atoms with Crippen molar-refractivity contribution in [2.24, 2.45) is 17.8 Å². The van der Waals surface area contributed by atoms with E-state index in [9.17, 15) is 4.79 Å². The third-order valence-corrected chi connectivity index (χ3v) is 5.60. The van der Waals surface area contributed by atoms with E-state index in [1.54, 1.807) is 6.20 Å². The van der Waals surface area contributed by atoms with Gasteiger partial charge in [-0.3, -0.25) is 5.32 Å². The topological polar surface area (TPSA) is 45.2 Å². The summed E-state index contributed by atoms with van der Waals surface area (Å²) in [4.78, 5) is 19.1. The molecular formula is C17H23N3O. The summed E-state index contributed by atoms with van der Waals surface area (Å²) in [6.07, 6.45) is 8.22. The number of anilines is 1. The maximum atomic E-state index is 12.7. The lowest BCUT2D eigenvalue weighted by atomic mass is 9.68. The van der Waals surface area contributed by atoms with Crippen LogP contribution in [0.2, 0.25) is 0 Å². The number of rotatable bonds is 1. The molecule has 1 aromatic rings. The average Bonchev–Trinajstić information content (AvgIpc) is 2.65. The van der Waals surface area contributed by atoms with Crippen LogP contribution in [0.3, 0.4) is 0 Å². The lowest BCUT2D eigenvalue weighted by molar-refractivity contribution is 0.136. The highest BCUT2D eigenvalue weighted by atomic mass is 16.2. The fourth-order valence-corrected chi connectivity index (χ4v) is 4.82. The Bertz CT molecular complexity index is 545. The maximum Gasteiger partial charge on any atom is 0.323 e. The van der Waals surface area contributed by atoms with Gasteiger partial charge in [0, 0.05) is 18.8 Å². The minimum atomic E-state index is 0.0509. The third-order valence-electron chi connectivity index (χ3n) is 5.60. The van der Waals surface area contributed by atoms with Crippen LogP contribution in [-0.4, -0.2) is 28.5 Å². The highest BCUT2D eigenvalue weighted by Gasteiger charge is 2.44. The molecule has 0 aromatic carbocycles. The van der Waals surface area contributed by atoms with Crippen LogP contribution in [0.5, 0.6) is 0 Å². The minimum Gasteiger partial charge on any atom is -0.321 e. The Morgan fingerprint density at radius 3 is 2.62 bits per heavy atom. The molecule has 2 unspecified atom stereocenters. The highest BCUT2D eigenvalue weighted by Crippen LogP contribution is 2.47. The number of carbonyl (C=O) groups excluding carboxylic acids is 1. The summed E-state index contributed by atoms with van der Waals surface area (Å²) in [5.41, 5.74) is 1.02. The van der Waals surface area contributed by atoms with Gasteiger partial charge >= 0.3 is 6.03 Å². The molecule has 112 valence electrons. The van der Waals surface area contributed by atoms with Gasteiger partial charge in [-0.2, -0.15) is 0 Å². The zero-order valence-electron chi connectivity index (χ0n) is 12.6. The molecule has 5 rings (SSSR count). The van der Waals surface area contributed by atoms with Crippen molar-refractivity contribution in [2.45, 2.75) is 45.1 Å². The van der Waals surface area contributed by atoms with Gasteiger partial charge in [-0.05, 0) is 68.4 Å². The van der Waals surface area contributed by atoms with E-state index < -0.39 is 0 Å². The van der Waals surface area contributed by atoms with Crippen molar-refractivity contribution in [3.63, 3.8) is 0 Å². The van der Waals surface area contributed by atoms with Crippen molar-refractivity contribution >= 4 is 11.8 Å². The van der Waals surface area contributed by atoms with E-state index in [1.807, 2.05) is 19.1 Å². The normalized spacial score (nSPS) is 33.9. The van der Waals surface area contributed by atoms with E-state index in [0.29, 0.717) is 11.9 Å². The molecule has 2 amide bonds. The molecule has 21 heavy (non-hydrogen) atoms. The van der Waals surface area contributed by atoms with Gasteiger partial charge in [0.25, 0.3) is 0 Å². The molecule has 3 heterocycles. The number of amides is 2. The first-order chi connectivity index (χ1) is 10.2. The van der Waals surface area contributed by atoms with Crippen molar-refractivity contribution in [1.29, 1.82) is 0 Å². The molecule has 4 nitrogen and oxygen atoms in total. The summed E-state index contributed by atoms with van der Waals surface area (Å²) >= 11 is 0. The van der Waals surface area contributed by atoms with E-state index in [2.05, 4.69) is 15.2 Å². The third kappa shape index (κ3) is 2.41. The number of pyridine rings is 1. The van der Waals surface area contributed by atoms with E-state index in [1.165, 1.54) is 32.1 Å². The monoisotopic (exact) mass is 285 g/mol. The van der Waals surface area contributed by atoms with E-state index >= 15 is 0 Å². The molecule has 4 fully saturated rings. The predicted octanol–water partition coefficient (Wildman–Crippen LogP) is 3.43. The number of hydrogen-bond acceptors (Lipinski definition) is 2. The van der Waals surface area contributed by atoms with Crippen LogP contribution in [-0.2, 0) is 0 Å². The molecule has 4 bridgehead atoms. The molecule has 0 spiro atoms. The van der Waals surface area contributed by atoms with Crippen molar-refractivity contribution in [1.82, 2.24) is 9.88 Å². The maximum absolute atomic E-state index is 12.7. The van der Waals surface area contributed by atoms with Gasteiger partial charge in [-0.25, -0.2) is 9.78 Å². The Morgan fingerprint density at radius 1 is 1.19 bits per heavy atom. The van der Waals surface area contributed by atoms with Crippen LogP contribution >= 0.6 is 0 Å². The Hall–Kier alpha value is -1.58. The summed E-state index contributed by atoms with van der Waals surface area (Å²) in [6, 6.07) is 4.39. The first kappa shape index (κ1) is 13.1. The first-order valence-corrected chi connectivity index (χ1v) is 8.18. The Morgan fingerprint density at radius 2 is 1.90 bits per heavy atom. The zero-order chi connectivity index (χ0) is 14.4. The van der Waals surface area contributed by atoms with E-state index in [4.69, 9.17) is 0 Å². The van der Waals surface area contributed by atoms with Crippen LogP contribution in [0.4, 0.5) is 10.6 Å². The Balaban J connectivity index is 1.53. The van der Waals surface area contributed by atoms with Crippen molar-refractivity contribution in [3.8, 4) is 0 Å². The first-order valence-electron chi connectivity index (χ1n) is 8.18. The second kappa shape index (κ2) is 5.00. The smallest absolute Gasteiger partial charge is 0.321 e. The SMILES string of the molecule is Cc1cccnc1NC(=O)N1CC2C[C@@H]3CC1C[C@H](C2)C3. The van der Waals surface area contributed by atoms with E-state index in [-0.39, 0.29) is 6.03 Å². The Kier molecular flexibility index (Phi) is 3.12. The second-order valence-corrected chi connectivity index (χ2v) is 7.18. The lowest BCUT2D eigenvalue weighted by Gasteiger charge is -2.38.